The van der Waals surface area contributed by atoms with Gasteiger partial charge in [0.05, 0.1) is 0 Å². The van der Waals surface area contributed by atoms with Crippen LogP contribution in [0.2, 0.25) is 0 Å². The van der Waals surface area contributed by atoms with Crippen LogP contribution < -0.4 is 3.07 Å². The number of halogens is 5. The van der Waals surface area contributed by atoms with Crippen LogP contribution in [-0.4, -0.2) is 6.18 Å². The third-order valence-electron chi connectivity index (χ3n) is 1.69. The standard InChI is InChI=1S/C6H5.C3F5.Hg/c1-2-4-6-5-3-1;4-1-2(5)3(6,7)8;/h1-5H;;. The van der Waals surface area contributed by atoms with Gasteiger partial charge in [-0.05, 0) is 0 Å². The molecule has 0 radical (unpaired) electrons. The molecule has 1 aromatic carbocycles. The molecule has 1 aromatic rings. The summed E-state index contributed by atoms with van der Waals surface area (Å²) in [6, 6.07) is 7.89. The third-order valence-corrected chi connectivity index (χ3v) is 7.52. The van der Waals surface area contributed by atoms with E-state index in [0.717, 1.165) is 0 Å². The molecule has 0 unspecified atom stereocenters. The Kier molecular flexibility index (Phi) is 4.25. The number of hydrogen-bond donors (Lipinski definition) is 0. The topological polar surface area (TPSA) is 0 Å². The van der Waals surface area contributed by atoms with Crippen LogP contribution in [0.3, 0.4) is 0 Å². The van der Waals surface area contributed by atoms with Crippen molar-refractivity contribution >= 4 is 3.07 Å². The van der Waals surface area contributed by atoms with E-state index in [1.54, 1.807) is 18.2 Å². The Morgan fingerprint density at radius 2 is 1.53 bits per heavy atom. The van der Waals surface area contributed by atoms with Gasteiger partial charge in [0.15, 0.2) is 0 Å². The van der Waals surface area contributed by atoms with Crippen molar-refractivity contribution in [2.45, 2.75) is 6.18 Å². The van der Waals surface area contributed by atoms with Gasteiger partial charge in [-0.2, -0.15) is 0 Å². The molecule has 0 aliphatic rings. The van der Waals surface area contributed by atoms with Crippen LogP contribution >= 0.6 is 0 Å². The van der Waals surface area contributed by atoms with E-state index in [4.69, 9.17) is 0 Å². The SMILES string of the molecule is F/[C]([Hg][c]1ccccc1)=C(/F)C(F)(F)F. The first-order valence-electron chi connectivity index (χ1n) is 4.06. The van der Waals surface area contributed by atoms with Crippen molar-refractivity contribution in [2.24, 2.45) is 0 Å². The molecular weight excluding hydrogens is 404 g/mol. The first-order valence-corrected chi connectivity index (χ1v) is 9.56. The van der Waals surface area contributed by atoms with E-state index in [0.29, 0.717) is 3.07 Å². The Bertz CT molecular complexity index is 355. The summed E-state index contributed by atoms with van der Waals surface area (Å²) in [5.41, 5.74) is 0. The molecule has 6 heteroatoms. The van der Waals surface area contributed by atoms with E-state index in [1.165, 1.54) is 12.1 Å². The van der Waals surface area contributed by atoms with Crippen LogP contribution in [0, 0.1) is 0 Å². The molecular formula is C9H5F5Hg. The van der Waals surface area contributed by atoms with E-state index >= 15 is 0 Å². The van der Waals surface area contributed by atoms with Gasteiger partial charge in [0.25, 0.3) is 0 Å². The van der Waals surface area contributed by atoms with Crippen molar-refractivity contribution in [3.63, 3.8) is 0 Å². The van der Waals surface area contributed by atoms with Crippen LogP contribution in [0.5, 0.6) is 0 Å². The number of rotatable bonds is 2. The Labute approximate surface area is 95.2 Å². The predicted molar refractivity (Wildman–Crippen MR) is 41.4 cm³/mol. The van der Waals surface area contributed by atoms with Gasteiger partial charge in [-0.3, -0.25) is 0 Å². The number of allylic oxidation sites excluding steroid dienone is 1. The first kappa shape index (κ1) is 12.6. The van der Waals surface area contributed by atoms with Crippen LogP contribution in [0.15, 0.2) is 39.5 Å². The summed E-state index contributed by atoms with van der Waals surface area (Å²) < 4.78 is 59.5. The van der Waals surface area contributed by atoms with Crippen molar-refractivity contribution in [3.8, 4) is 0 Å². The maximum atomic E-state index is 12.9. The minimum absolute atomic E-state index is 0.509. The van der Waals surface area contributed by atoms with Crippen LogP contribution in [0.25, 0.3) is 0 Å². The van der Waals surface area contributed by atoms with Crippen LogP contribution in [-0.2, 0) is 24.6 Å². The van der Waals surface area contributed by atoms with Gasteiger partial charge >= 0.3 is 95.3 Å². The minimum atomic E-state index is -5.20. The zero-order valence-electron chi connectivity index (χ0n) is 7.48. The molecule has 0 spiro atoms. The normalized spacial score (nSPS) is 13.1. The average molecular weight is 409 g/mol. The molecule has 0 heterocycles. The summed E-state index contributed by atoms with van der Waals surface area (Å²) in [4.78, 5) is 0. The van der Waals surface area contributed by atoms with Gasteiger partial charge in [0, 0.05) is 0 Å². The summed E-state index contributed by atoms with van der Waals surface area (Å²) in [7, 11) is 0. The fraction of sp³-hybridized carbons (Fsp3) is 0.111. The Morgan fingerprint density at radius 1 is 1.00 bits per heavy atom. The quantitative estimate of drug-likeness (QED) is 0.521. The molecule has 0 saturated heterocycles. The predicted octanol–water partition coefficient (Wildman–Crippen LogP) is 3.06. The second-order valence-corrected chi connectivity index (χ2v) is 9.84. The van der Waals surface area contributed by atoms with Crippen molar-refractivity contribution < 1.29 is 46.5 Å². The summed E-state index contributed by atoms with van der Waals surface area (Å²) in [6.45, 7) is 0. The first-order chi connectivity index (χ1) is 6.91. The fourth-order valence-electron chi connectivity index (χ4n) is 1.01. The van der Waals surface area contributed by atoms with Crippen molar-refractivity contribution in [1.29, 1.82) is 0 Å². The van der Waals surface area contributed by atoms with E-state index in [2.05, 4.69) is 0 Å². The second kappa shape index (κ2) is 5.05. The Balaban J connectivity index is 2.84. The molecule has 0 aliphatic carbocycles. The zero-order chi connectivity index (χ0) is 11.5. The molecule has 0 nitrogen and oxygen atoms in total. The van der Waals surface area contributed by atoms with E-state index in [9.17, 15) is 22.0 Å². The molecule has 15 heavy (non-hydrogen) atoms. The van der Waals surface area contributed by atoms with Gasteiger partial charge < -0.3 is 0 Å². The molecule has 78 valence electrons. The van der Waals surface area contributed by atoms with E-state index < -0.39 is 39.9 Å². The number of alkyl halides is 3. The molecule has 0 N–H and O–H groups in total. The van der Waals surface area contributed by atoms with Crippen LogP contribution in [0.4, 0.5) is 22.0 Å². The van der Waals surface area contributed by atoms with Gasteiger partial charge in [0.1, 0.15) is 0 Å². The average Bonchev–Trinajstić information content (AvgIpc) is 2.16. The van der Waals surface area contributed by atoms with Crippen molar-refractivity contribution in [3.05, 3.63) is 39.5 Å². The zero-order valence-corrected chi connectivity index (χ0v) is 13.0. The molecule has 0 fully saturated rings. The third kappa shape index (κ3) is 3.89. The van der Waals surface area contributed by atoms with Crippen LogP contribution in [0.1, 0.15) is 0 Å². The molecule has 0 aliphatic heterocycles. The molecule has 0 aromatic heterocycles. The Morgan fingerprint density at radius 3 is 2.00 bits per heavy atom. The van der Waals surface area contributed by atoms with Gasteiger partial charge in [-0.15, -0.1) is 0 Å². The summed E-state index contributed by atoms with van der Waals surface area (Å²) >= 11 is -2.78. The van der Waals surface area contributed by atoms with E-state index in [-0.39, 0.29) is 0 Å². The van der Waals surface area contributed by atoms with Gasteiger partial charge in [0.2, 0.25) is 0 Å². The second-order valence-electron chi connectivity index (χ2n) is 2.88. The maximum absolute atomic E-state index is 12.9. The fourth-order valence-corrected chi connectivity index (χ4v) is 5.76. The molecule has 0 atom stereocenters. The summed E-state index contributed by atoms with van der Waals surface area (Å²) in [6.07, 6.45) is -5.20. The summed E-state index contributed by atoms with van der Waals surface area (Å²) in [5, 5.41) is 0. The van der Waals surface area contributed by atoms with Gasteiger partial charge in [-0.1, -0.05) is 0 Å². The molecule has 0 bridgehead atoms. The van der Waals surface area contributed by atoms with Crippen molar-refractivity contribution in [1.82, 2.24) is 0 Å². The molecule has 0 amide bonds. The monoisotopic (exact) mass is 410 g/mol. The number of benzene rings is 1. The van der Waals surface area contributed by atoms with E-state index in [1.807, 2.05) is 0 Å². The number of hydrogen-bond acceptors (Lipinski definition) is 0. The Hall–Kier alpha value is -0.455. The molecule has 1 rings (SSSR count). The molecule has 0 saturated carbocycles. The summed E-state index contributed by atoms with van der Waals surface area (Å²) in [5.74, 6) is -2.56. The van der Waals surface area contributed by atoms with Crippen molar-refractivity contribution in [2.75, 3.05) is 0 Å². The van der Waals surface area contributed by atoms with Gasteiger partial charge in [-0.25, -0.2) is 0 Å².